The fourth-order valence-electron chi connectivity index (χ4n) is 1.97. The lowest BCUT2D eigenvalue weighted by atomic mass is 10.1. The van der Waals surface area contributed by atoms with Crippen LogP contribution in [0.15, 0.2) is 10.6 Å². The van der Waals surface area contributed by atoms with E-state index in [1.54, 1.807) is 0 Å². The molecule has 0 amide bonds. The number of hydrogen-bond acceptors (Lipinski definition) is 4. The van der Waals surface area contributed by atoms with E-state index >= 15 is 0 Å². The van der Waals surface area contributed by atoms with Crippen molar-refractivity contribution in [2.24, 2.45) is 11.7 Å². The maximum absolute atomic E-state index is 5.63. The van der Waals surface area contributed by atoms with Crippen LogP contribution in [0.25, 0.3) is 0 Å². The second kappa shape index (κ2) is 4.11. The first kappa shape index (κ1) is 9.68. The summed E-state index contributed by atoms with van der Waals surface area (Å²) in [7, 11) is 0. The quantitative estimate of drug-likeness (QED) is 0.773. The minimum absolute atomic E-state index is 0.669. The molecule has 0 radical (unpaired) electrons. The first-order chi connectivity index (χ1) is 6.78. The molecule has 0 aliphatic carbocycles. The molecule has 0 aromatic carbocycles. The van der Waals surface area contributed by atoms with Crippen LogP contribution in [0.1, 0.15) is 17.9 Å². The Kier molecular flexibility index (Phi) is 2.84. The smallest absolute Gasteiger partial charge is 0.133 e. The lowest BCUT2D eigenvalue weighted by Crippen LogP contribution is -2.22. The van der Waals surface area contributed by atoms with Crippen molar-refractivity contribution in [3.05, 3.63) is 17.5 Å². The second-order valence-electron chi connectivity index (χ2n) is 4.05. The van der Waals surface area contributed by atoms with Gasteiger partial charge >= 0.3 is 0 Å². The maximum Gasteiger partial charge on any atom is 0.133 e. The molecular formula is C10H17N3O. The Labute approximate surface area is 84.0 Å². The van der Waals surface area contributed by atoms with Crippen molar-refractivity contribution >= 4 is 0 Å². The number of nitrogens with two attached hydrogens (primary N) is 1. The van der Waals surface area contributed by atoms with Crippen molar-refractivity contribution in [3.63, 3.8) is 0 Å². The van der Waals surface area contributed by atoms with Crippen LogP contribution in [0.3, 0.4) is 0 Å². The van der Waals surface area contributed by atoms with E-state index in [1.807, 2.05) is 13.0 Å². The maximum atomic E-state index is 5.63. The predicted octanol–water partition coefficient (Wildman–Crippen LogP) is 0.764. The van der Waals surface area contributed by atoms with Crippen LogP contribution in [0.2, 0.25) is 0 Å². The molecular weight excluding hydrogens is 178 g/mol. The van der Waals surface area contributed by atoms with Gasteiger partial charge in [0.1, 0.15) is 5.76 Å². The van der Waals surface area contributed by atoms with E-state index in [1.165, 1.54) is 6.42 Å². The highest BCUT2D eigenvalue weighted by atomic mass is 16.5. The molecule has 2 N–H and O–H groups in total. The number of aromatic nitrogens is 1. The third-order valence-electron chi connectivity index (χ3n) is 2.77. The Morgan fingerprint density at radius 2 is 2.57 bits per heavy atom. The zero-order valence-corrected chi connectivity index (χ0v) is 8.57. The van der Waals surface area contributed by atoms with Crippen LogP contribution in [-0.4, -0.2) is 29.7 Å². The van der Waals surface area contributed by atoms with Gasteiger partial charge in [-0.2, -0.15) is 0 Å². The zero-order chi connectivity index (χ0) is 9.97. The summed E-state index contributed by atoms with van der Waals surface area (Å²) in [6.07, 6.45) is 1.22. The van der Waals surface area contributed by atoms with Gasteiger partial charge in [-0.25, -0.2) is 0 Å². The van der Waals surface area contributed by atoms with Crippen LogP contribution < -0.4 is 5.73 Å². The summed E-state index contributed by atoms with van der Waals surface area (Å²) in [6.45, 7) is 5.85. The van der Waals surface area contributed by atoms with Crippen molar-refractivity contribution < 1.29 is 4.52 Å². The Balaban J connectivity index is 1.87. The van der Waals surface area contributed by atoms with Crippen LogP contribution in [0, 0.1) is 12.8 Å². The predicted molar refractivity (Wildman–Crippen MR) is 53.7 cm³/mol. The first-order valence-electron chi connectivity index (χ1n) is 5.12. The zero-order valence-electron chi connectivity index (χ0n) is 8.57. The molecule has 1 atom stereocenters. The van der Waals surface area contributed by atoms with E-state index in [0.29, 0.717) is 5.92 Å². The van der Waals surface area contributed by atoms with Gasteiger partial charge in [0.2, 0.25) is 0 Å². The second-order valence-corrected chi connectivity index (χ2v) is 4.05. The molecule has 4 heteroatoms. The molecule has 0 bridgehead atoms. The Bertz CT molecular complexity index is 297. The topological polar surface area (TPSA) is 55.3 Å². The van der Waals surface area contributed by atoms with Crippen LogP contribution >= 0.6 is 0 Å². The Morgan fingerprint density at radius 1 is 1.71 bits per heavy atom. The largest absolute Gasteiger partial charge is 0.361 e. The standard InChI is InChI=1S/C10H17N3O/c1-8-4-10(12-14-8)7-13-3-2-9(5-11)6-13/h4,9H,2-3,5-7,11H2,1H3. The van der Waals surface area contributed by atoms with Gasteiger partial charge < -0.3 is 10.3 Å². The van der Waals surface area contributed by atoms with E-state index in [4.69, 9.17) is 10.3 Å². The van der Waals surface area contributed by atoms with Crippen LogP contribution in [0.5, 0.6) is 0 Å². The third kappa shape index (κ3) is 2.13. The van der Waals surface area contributed by atoms with E-state index < -0.39 is 0 Å². The fourth-order valence-corrected chi connectivity index (χ4v) is 1.97. The van der Waals surface area contributed by atoms with Gasteiger partial charge in [0.25, 0.3) is 0 Å². The van der Waals surface area contributed by atoms with E-state index in [-0.39, 0.29) is 0 Å². The van der Waals surface area contributed by atoms with Gasteiger partial charge in [-0.15, -0.1) is 0 Å². The van der Waals surface area contributed by atoms with Crippen molar-refractivity contribution in [3.8, 4) is 0 Å². The molecule has 4 nitrogen and oxygen atoms in total. The molecule has 14 heavy (non-hydrogen) atoms. The summed E-state index contributed by atoms with van der Waals surface area (Å²) in [4.78, 5) is 2.38. The van der Waals surface area contributed by atoms with E-state index in [2.05, 4.69) is 10.1 Å². The lowest BCUT2D eigenvalue weighted by Gasteiger charge is -2.12. The number of rotatable bonds is 3. The SMILES string of the molecule is Cc1cc(CN2CCC(CN)C2)no1. The molecule has 0 saturated carbocycles. The van der Waals surface area contributed by atoms with Gasteiger partial charge in [-0.3, -0.25) is 4.90 Å². The van der Waals surface area contributed by atoms with Gasteiger partial charge in [0, 0.05) is 19.2 Å². The van der Waals surface area contributed by atoms with Crippen molar-refractivity contribution in [1.82, 2.24) is 10.1 Å². The molecule has 1 unspecified atom stereocenters. The molecule has 0 spiro atoms. The number of nitrogens with zero attached hydrogens (tertiary/aromatic N) is 2. The lowest BCUT2D eigenvalue weighted by molar-refractivity contribution is 0.301. The minimum atomic E-state index is 0.669. The number of likely N-dealkylation sites (tertiary alicyclic amines) is 1. The van der Waals surface area contributed by atoms with E-state index in [9.17, 15) is 0 Å². The van der Waals surface area contributed by atoms with Crippen molar-refractivity contribution in [2.45, 2.75) is 19.9 Å². The summed E-state index contributed by atoms with van der Waals surface area (Å²) < 4.78 is 5.03. The van der Waals surface area contributed by atoms with Gasteiger partial charge in [-0.1, -0.05) is 5.16 Å². The molecule has 2 rings (SSSR count). The summed E-state index contributed by atoms with van der Waals surface area (Å²) in [5.74, 6) is 1.55. The first-order valence-corrected chi connectivity index (χ1v) is 5.12. The molecule has 1 aromatic rings. The monoisotopic (exact) mass is 195 g/mol. The molecule has 1 fully saturated rings. The molecule has 1 saturated heterocycles. The molecule has 2 heterocycles. The van der Waals surface area contributed by atoms with Crippen LogP contribution in [0.4, 0.5) is 0 Å². The van der Waals surface area contributed by atoms with Gasteiger partial charge in [0.05, 0.1) is 5.69 Å². The highest BCUT2D eigenvalue weighted by Crippen LogP contribution is 2.17. The van der Waals surface area contributed by atoms with Crippen molar-refractivity contribution in [2.75, 3.05) is 19.6 Å². The highest BCUT2D eigenvalue weighted by molar-refractivity contribution is 5.03. The number of hydrogen-bond donors (Lipinski definition) is 1. The highest BCUT2D eigenvalue weighted by Gasteiger charge is 2.21. The summed E-state index contributed by atoms with van der Waals surface area (Å²) >= 11 is 0. The Hall–Kier alpha value is -0.870. The minimum Gasteiger partial charge on any atom is -0.361 e. The van der Waals surface area contributed by atoms with E-state index in [0.717, 1.165) is 37.6 Å². The molecule has 1 aliphatic heterocycles. The average molecular weight is 195 g/mol. The number of aryl methyl sites for hydroxylation is 1. The Morgan fingerprint density at radius 3 is 3.14 bits per heavy atom. The average Bonchev–Trinajstić information content (AvgIpc) is 2.76. The molecule has 1 aliphatic rings. The summed E-state index contributed by atoms with van der Waals surface area (Å²) in [5, 5.41) is 3.98. The van der Waals surface area contributed by atoms with Crippen LogP contribution in [-0.2, 0) is 6.54 Å². The van der Waals surface area contributed by atoms with Gasteiger partial charge in [0.15, 0.2) is 0 Å². The third-order valence-corrected chi connectivity index (χ3v) is 2.77. The van der Waals surface area contributed by atoms with Crippen molar-refractivity contribution in [1.29, 1.82) is 0 Å². The molecule has 1 aromatic heterocycles. The van der Waals surface area contributed by atoms with Gasteiger partial charge in [-0.05, 0) is 32.4 Å². The summed E-state index contributed by atoms with van der Waals surface area (Å²) in [5.41, 5.74) is 6.66. The summed E-state index contributed by atoms with van der Waals surface area (Å²) in [6, 6.07) is 2.00. The fraction of sp³-hybridized carbons (Fsp3) is 0.700. The normalized spacial score (nSPS) is 23.1. The molecule has 78 valence electrons.